The van der Waals surface area contributed by atoms with Crippen LogP contribution in [-0.4, -0.2) is 35.2 Å². The predicted molar refractivity (Wildman–Crippen MR) is 102 cm³/mol. The minimum Gasteiger partial charge on any atom is -0.382 e. The highest BCUT2D eigenvalue weighted by Crippen LogP contribution is 2.43. The lowest BCUT2D eigenvalue weighted by atomic mass is 10.0. The lowest BCUT2D eigenvalue weighted by molar-refractivity contribution is 0.144. The first-order chi connectivity index (χ1) is 12.0. The zero-order valence-corrected chi connectivity index (χ0v) is 16.4. The summed E-state index contributed by atoms with van der Waals surface area (Å²) in [6.07, 6.45) is 0.884. The molecule has 0 radical (unpaired) electrons. The van der Waals surface area contributed by atoms with Crippen molar-refractivity contribution in [3.63, 3.8) is 0 Å². The lowest BCUT2D eigenvalue weighted by Gasteiger charge is -2.19. The number of ether oxygens (including phenoxy) is 1. The van der Waals surface area contributed by atoms with E-state index in [2.05, 4.69) is 5.32 Å². The van der Waals surface area contributed by atoms with E-state index in [1.54, 1.807) is 24.5 Å². The highest BCUT2D eigenvalue weighted by atomic mass is 32.2. The van der Waals surface area contributed by atoms with Crippen molar-refractivity contribution < 1.29 is 13.2 Å². The number of nitrogens with zero attached hydrogens (tertiary/aromatic N) is 1. The van der Waals surface area contributed by atoms with Crippen molar-refractivity contribution in [2.24, 2.45) is 0 Å². The van der Waals surface area contributed by atoms with Gasteiger partial charge >= 0.3 is 0 Å². The van der Waals surface area contributed by atoms with Gasteiger partial charge in [0.2, 0.25) is 0 Å². The van der Waals surface area contributed by atoms with Crippen LogP contribution in [0.1, 0.15) is 35.4 Å². The molecule has 2 aromatic rings. The van der Waals surface area contributed by atoms with Crippen LogP contribution in [0.5, 0.6) is 0 Å². The van der Waals surface area contributed by atoms with Gasteiger partial charge in [-0.3, -0.25) is 4.31 Å². The number of nitrogens with one attached hydrogen (secondary N) is 1. The van der Waals surface area contributed by atoms with Crippen molar-refractivity contribution in [1.29, 1.82) is 0 Å². The van der Waals surface area contributed by atoms with E-state index in [4.69, 9.17) is 4.74 Å². The molecule has 1 N–H and O–H groups in total. The Balaban J connectivity index is 2.02. The van der Waals surface area contributed by atoms with Crippen LogP contribution >= 0.6 is 11.3 Å². The van der Waals surface area contributed by atoms with Gasteiger partial charge in [-0.05, 0) is 55.5 Å². The maximum absolute atomic E-state index is 13.1. The minimum absolute atomic E-state index is 0.132. The molecule has 1 aromatic heterocycles. The summed E-state index contributed by atoms with van der Waals surface area (Å²) in [5.74, 6) is 0. The van der Waals surface area contributed by atoms with Crippen molar-refractivity contribution >= 4 is 27.0 Å². The first-order valence-corrected chi connectivity index (χ1v) is 10.8. The Labute approximate surface area is 153 Å². The highest BCUT2D eigenvalue weighted by molar-refractivity contribution is 7.92. The Morgan fingerprint density at radius 2 is 2.12 bits per heavy atom. The number of hydrogen-bond acceptors (Lipinski definition) is 5. The highest BCUT2D eigenvalue weighted by Gasteiger charge is 2.35. The number of aryl methyl sites for hydroxylation is 1. The van der Waals surface area contributed by atoms with Crippen LogP contribution in [0.15, 0.2) is 34.5 Å². The van der Waals surface area contributed by atoms with E-state index in [9.17, 15) is 8.42 Å². The molecule has 3 rings (SSSR count). The van der Waals surface area contributed by atoms with E-state index in [-0.39, 0.29) is 6.04 Å². The van der Waals surface area contributed by atoms with Gasteiger partial charge in [-0.1, -0.05) is 12.1 Å². The van der Waals surface area contributed by atoms with Crippen molar-refractivity contribution in [2.45, 2.75) is 31.2 Å². The molecule has 0 saturated heterocycles. The molecule has 1 aromatic carbocycles. The average Bonchev–Trinajstić information content (AvgIpc) is 3.04. The molecule has 0 amide bonds. The minimum atomic E-state index is -3.56. The van der Waals surface area contributed by atoms with Gasteiger partial charge < -0.3 is 10.1 Å². The molecule has 25 heavy (non-hydrogen) atoms. The summed E-state index contributed by atoms with van der Waals surface area (Å²) >= 11 is 1.59. The first-order valence-electron chi connectivity index (χ1n) is 8.44. The van der Waals surface area contributed by atoms with Crippen LogP contribution in [0, 0.1) is 6.92 Å². The van der Waals surface area contributed by atoms with Crippen molar-refractivity contribution in [3.05, 3.63) is 45.6 Å². The molecule has 0 aliphatic carbocycles. The Morgan fingerprint density at radius 1 is 1.32 bits per heavy atom. The molecule has 1 aliphatic heterocycles. The largest absolute Gasteiger partial charge is 0.382 e. The molecule has 136 valence electrons. The van der Waals surface area contributed by atoms with E-state index < -0.39 is 10.0 Å². The molecular weight excluding hydrogens is 356 g/mol. The molecule has 0 fully saturated rings. The van der Waals surface area contributed by atoms with E-state index in [0.29, 0.717) is 18.1 Å². The summed E-state index contributed by atoms with van der Waals surface area (Å²) in [5.41, 5.74) is 2.51. The topological polar surface area (TPSA) is 58.6 Å². The Morgan fingerprint density at radius 3 is 2.88 bits per heavy atom. The molecule has 1 aliphatic rings. The number of rotatable bonds is 6. The normalized spacial score (nSPS) is 18.5. The zero-order chi connectivity index (χ0) is 18.0. The van der Waals surface area contributed by atoms with Gasteiger partial charge in [0.25, 0.3) is 10.0 Å². The summed E-state index contributed by atoms with van der Waals surface area (Å²) in [6.45, 7) is 6.08. The average molecular weight is 381 g/mol. The van der Waals surface area contributed by atoms with Crippen molar-refractivity contribution in [3.8, 4) is 0 Å². The van der Waals surface area contributed by atoms with E-state index in [0.717, 1.165) is 34.7 Å². The standard InChI is InChI=1S/C18H24N2O3S2/c1-4-23-10-5-9-19-17-14-7-6-13(2)12-16(14)25(21,22)20(3)15-8-11-24-18(15)17/h6-8,11-12,17,19H,4-5,9-10H2,1-3H3. The molecule has 0 bridgehead atoms. The Hall–Kier alpha value is -1.41. The van der Waals surface area contributed by atoms with Crippen molar-refractivity contribution in [1.82, 2.24) is 5.32 Å². The molecule has 5 nitrogen and oxygen atoms in total. The van der Waals surface area contributed by atoms with Gasteiger partial charge in [0.1, 0.15) is 0 Å². The van der Waals surface area contributed by atoms with Gasteiger partial charge in [-0.15, -0.1) is 11.3 Å². The third-order valence-corrected chi connectivity index (χ3v) is 7.21. The molecule has 0 saturated carbocycles. The second-order valence-electron chi connectivity index (χ2n) is 6.12. The van der Waals surface area contributed by atoms with Crippen LogP contribution in [-0.2, 0) is 14.8 Å². The second-order valence-corrected chi connectivity index (χ2v) is 9.01. The molecular formula is C18H24N2O3S2. The zero-order valence-electron chi connectivity index (χ0n) is 14.8. The van der Waals surface area contributed by atoms with Gasteiger partial charge in [0, 0.05) is 20.3 Å². The summed E-state index contributed by atoms with van der Waals surface area (Å²) < 4.78 is 33.0. The monoisotopic (exact) mass is 380 g/mol. The van der Waals surface area contributed by atoms with E-state index in [1.807, 2.05) is 37.4 Å². The van der Waals surface area contributed by atoms with Crippen LogP contribution in [0.25, 0.3) is 0 Å². The fourth-order valence-corrected chi connectivity index (χ4v) is 5.68. The maximum atomic E-state index is 13.1. The van der Waals surface area contributed by atoms with Gasteiger partial charge in [-0.2, -0.15) is 0 Å². The number of thiophene rings is 1. The smallest absolute Gasteiger partial charge is 0.264 e. The predicted octanol–water partition coefficient (Wildman–Crippen LogP) is 3.30. The Bertz CT molecular complexity index is 846. The number of anilines is 1. The second kappa shape index (κ2) is 7.45. The van der Waals surface area contributed by atoms with Crippen LogP contribution in [0.2, 0.25) is 0 Å². The third kappa shape index (κ3) is 3.46. The quantitative estimate of drug-likeness (QED) is 0.781. The maximum Gasteiger partial charge on any atom is 0.264 e. The number of fused-ring (bicyclic) bond motifs is 2. The molecule has 1 unspecified atom stereocenters. The van der Waals surface area contributed by atoms with E-state index >= 15 is 0 Å². The fourth-order valence-electron chi connectivity index (χ4n) is 3.08. The lowest BCUT2D eigenvalue weighted by Crippen LogP contribution is -2.26. The fraction of sp³-hybridized carbons (Fsp3) is 0.444. The van der Waals surface area contributed by atoms with Crippen LogP contribution in [0.3, 0.4) is 0 Å². The molecule has 1 atom stereocenters. The van der Waals surface area contributed by atoms with Gasteiger partial charge in [-0.25, -0.2) is 8.42 Å². The first kappa shape index (κ1) is 18.4. The number of sulfonamides is 1. The number of benzene rings is 1. The van der Waals surface area contributed by atoms with Gasteiger partial charge in [0.15, 0.2) is 0 Å². The number of hydrogen-bond donors (Lipinski definition) is 1. The van der Waals surface area contributed by atoms with Crippen LogP contribution < -0.4 is 9.62 Å². The molecule has 7 heteroatoms. The third-order valence-electron chi connectivity index (χ3n) is 4.41. The SMILES string of the molecule is CCOCCCNC1c2ccc(C)cc2S(=O)(=O)N(C)c2ccsc21. The van der Waals surface area contributed by atoms with Crippen LogP contribution in [0.4, 0.5) is 5.69 Å². The molecule has 0 spiro atoms. The van der Waals surface area contributed by atoms with Crippen molar-refractivity contribution in [2.75, 3.05) is 31.1 Å². The van der Waals surface area contributed by atoms with E-state index in [1.165, 1.54) is 4.31 Å². The summed E-state index contributed by atoms with van der Waals surface area (Å²) in [4.78, 5) is 1.42. The summed E-state index contributed by atoms with van der Waals surface area (Å²) in [7, 11) is -1.93. The summed E-state index contributed by atoms with van der Waals surface area (Å²) in [6, 6.07) is 7.43. The van der Waals surface area contributed by atoms with Gasteiger partial charge in [0.05, 0.1) is 21.5 Å². The molecule has 2 heterocycles. The Kier molecular flexibility index (Phi) is 5.48. The summed E-state index contributed by atoms with van der Waals surface area (Å²) in [5, 5.41) is 5.49.